The van der Waals surface area contributed by atoms with Crippen molar-refractivity contribution in [1.82, 2.24) is 4.90 Å². The molecule has 1 aromatic heterocycles. The van der Waals surface area contributed by atoms with Gasteiger partial charge in [-0.15, -0.1) is 11.3 Å². The largest absolute Gasteiger partial charge is 0.411 e. The second kappa shape index (κ2) is 4.97. The van der Waals surface area contributed by atoms with Crippen LogP contribution in [0, 0.1) is 0 Å². The van der Waals surface area contributed by atoms with Gasteiger partial charge in [0.15, 0.2) is 0 Å². The summed E-state index contributed by atoms with van der Waals surface area (Å²) in [6, 6.07) is 3.70. The Bertz CT molecular complexity index is 420. The summed E-state index contributed by atoms with van der Waals surface area (Å²) in [4.78, 5) is 14.6. The topological polar surface area (TPSA) is 52.9 Å². The van der Waals surface area contributed by atoms with E-state index in [1.54, 1.807) is 4.90 Å². The lowest BCUT2D eigenvalue weighted by atomic mass is 10.1. The number of hydrogen-bond donors (Lipinski definition) is 1. The molecular weight excluding hydrogens is 292 g/mol. The molecule has 86 valence electrons. The first-order valence-electron chi connectivity index (χ1n) is 4.95. The van der Waals surface area contributed by atoms with Gasteiger partial charge in [0, 0.05) is 25.9 Å². The van der Waals surface area contributed by atoms with Gasteiger partial charge in [0.05, 0.1) is 14.4 Å². The van der Waals surface area contributed by atoms with Crippen molar-refractivity contribution in [3.05, 3.63) is 20.8 Å². The highest BCUT2D eigenvalue weighted by molar-refractivity contribution is 9.11. The number of carbonyl (C=O) groups is 1. The predicted octanol–water partition coefficient (Wildman–Crippen LogP) is 2.58. The number of thiophene rings is 1. The van der Waals surface area contributed by atoms with Gasteiger partial charge in [-0.1, -0.05) is 5.16 Å². The van der Waals surface area contributed by atoms with E-state index in [9.17, 15) is 4.79 Å². The zero-order valence-electron chi connectivity index (χ0n) is 8.52. The Morgan fingerprint density at radius 1 is 1.44 bits per heavy atom. The lowest BCUT2D eigenvalue weighted by molar-refractivity contribution is 0.0758. The van der Waals surface area contributed by atoms with Crippen molar-refractivity contribution < 1.29 is 10.0 Å². The number of carbonyl (C=O) groups excluding carboxylic acids is 1. The van der Waals surface area contributed by atoms with Gasteiger partial charge >= 0.3 is 0 Å². The Balaban J connectivity index is 2.02. The Kier molecular flexibility index (Phi) is 3.60. The van der Waals surface area contributed by atoms with Gasteiger partial charge in [-0.25, -0.2) is 0 Å². The van der Waals surface area contributed by atoms with Crippen LogP contribution in [0.15, 0.2) is 21.1 Å². The number of rotatable bonds is 1. The molecule has 0 radical (unpaired) electrons. The average molecular weight is 303 g/mol. The highest BCUT2D eigenvalue weighted by Crippen LogP contribution is 2.24. The molecule has 1 N–H and O–H groups in total. The first kappa shape index (κ1) is 11.6. The molecule has 0 aromatic carbocycles. The van der Waals surface area contributed by atoms with E-state index in [4.69, 9.17) is 5.21 Å². The van der Waals surface area contributed by atoms with Crippen molar-refractivity contribution in [3.63, 3.8) is 0 Å². The molecule has 0 unspecified atom stereocenters. The van der Waals surface area contributed by atoms with Crippen LogP contribution in [0.3, 0.4) is 0 Å². The van der Waals surface area contributed by atoms with Crippen molar-refractivity contribution in [2.75, 3.05) is 13.1 Å². The third-order valence-electron chi connectivity index (χ3n) is 2.55. The first-order chi connectivity index (χ1) is 7.70. The third-order valence-corrected chi connectivity index (χ3v) is 4.16. The maximum Gasteiger partial charge on any atom is 0.263 e. The van der Waals surface area contributed by atoms with E-state index in [1.165, 1.54) is 11.3 Å². The van der Waals surface area contributed by atoms with E-state index in [1.807, 2.05) is 12.1 Å². The second-order valence-corrected chi connectivity index (χ2v) is 6.03. The van der Waals surface area contributed by atoms with E-state index in [2.05, 4.69) is 21.1 Å². The molecule has 0 spiro atoms. The zero-order valence-corrected chi connectivity index (χ0v) is 10.9. The number of likely N-dealkylation sites (tertiary alicyclic amines) is 1. The fraction of sp³-hybridized carbons (Fsp3) is 0.400. The summed E-state index contributed by atoms with van der Waals surface area (Å²) in [5.41, 5.74) is 0.774. The van der Waals surface area contributed by atoms with Crippen molar-refractivity contribution in [3.8, 4) is 0 Å². The van der Waals surface area contributed by atoms with Gasteiger partial charge in [0.25, 0.3) is 5.91 Å². The minimum Gasteiger partial charge on any atom is -0.411 e. The number of piperidine rings is 1. The minimum absolute atomic E-state index is 0.0627. The van der Waals surface area contributed by atoms with Crippen LogP contribution in [0.4, 0.5) is 0 Å². The third kappa shape index (κ3) is 2.44. The molecular formula is C10H11BrN2O2S. The fourth-order valence-electron chi connectivity index (χ4n) is 1.65. The van der Waals surface area contributed by atoms with Gasteiger partial charge < -0.3 is 10.1 Å². The van der Waals surface area contributed by atoms with Crippen molar-refractivity contribution >= 4 is 38.9 Å². The van der Waals surface area contributed by atoms with E-state index in [0.717, 1.165) is 14.4 Å². The van der Waals surface area contributed by atoms with Crippen LogP contribution in [-0.2, 0) is 0 Å². The van der Waals surface area contributed by atoms with Crippen molar-refractivity contribution in [2.24, 2.45) is 5.16 Å². The molecule has 6 heteroatoms. The Morgan fingerprint density at radius 3 is 2.62 bits per heavy atom. The van der Waals surface area contributed by atoms with E-state index < -0.39 is 0 Å². The number of oxime groups is 1. The molecule has 0 bridgehead atoms. The normalized spacial score (nSPS) is 16.3. The predicted molar refractivity (Wildman–Crippen MR) is 66.4 cm³/mol. The van der Waals surface area contributed by atoms with Gasteiger partial charge in [0.2, 0.25) is 0 Å². The Labute approximate surface area is 106 Å². The quantitative estimate of drug-likeness (QED) is 0.640. The first-order valence-corrected chi connectivity index (χ1v) is 6.56. The number of halogens is 1. The molecule has 0 saturated carbocycles. The summed E-state index contributed by atoms with van der Waals surface area (Å²) in [6.45, 7) is 1.27. The molecule has 1 amide bonds. The van der Waals surface area contributed by atoms with Gasteiger partial charge in [0.1, 0.15) is 0 Å². The lowest BCUT2D eigenvalue weighted by Gasteiger charge is -2.26. The summed E-state index contributed by atoms with van der Waals surface area (Å²) in [5.74, 6) is 0.0627. The molecule has 2 heterocycles. The summed E-state index contributed by atoms with van der Waals surface area (Å²) in [5, 5.41) is 11.8. The summed E-state index contributed by atoms with van der Waals surface area (Å²) in [7, 11) is 0. The molecule has 1 aromatic rings. The van der Waals surface area contributed by atoms with Gasteiger partial charge in [-0.05, 0) is 28.1 Å². The second-order valence-electron chi connectivity index (χ2n) is 3.56. The number of amides is 1. The van der Waals surface area contributed by atoms with E-state index in [0.29, 0.717) is 25.9 Å². The van der Waals surface area contributed by atoms with Crippen LogP contribution in [0.25, 0.3) is 0 Å². The molecule has 16 heavy (non-hydrogen) atoms. The minimum atomic E-state index is 0.0627. The van der Waals surface area contributed by atoms with Crippen LogP contribution in [-0.4, -0.2) is 34.8 Å². The van der Waals surface area contributed by atoms with Gasteiger partial charge in [-0.2, -0.15) is 0 Å². The smallest absolute Gasteiger partial charge is 0.263 e. The fourth-order valence-corrected chi connectivity index (χ4v) is 3.01. The lowest BCUT2D eigenvalue weighted by Crippen LogP contribution is -2.38. The van der Waals surface area contributed by atoms with Gasteiger partial charge in [-0.3, -0.25) is 4.79 Å². The van der Waals surface area contributed by atoms with Crippen LogP contribution >= 0.6 is 27.3 Å². The van der Waals surface area contributed by atoms with E-state index >= 15 is 0 Å². The number of hydrogen-bond acceptors (Lipinski definition) is 4. The molecule has 1 saturated heterocycles. The number of nitrogens with zero attached hydrogens (tertiary/aromatic N) is 2. The summed E-state index contributed by atoms with van der Waals surface area (Å²) >= 11 is 4.78. The maximum atomic E-state index is 12.0. The SMILES string of the molecule is O=C(c1ccc(Br)s1)N1CCC(=NO)CC1. The molecule has 0 atom stereocenters. The molecule has 2 rings (SSSR count). The highest BCUT2D eigenvalue weighted by atomic mass is 79.9. The van der Waals surface area contributed by atoms with Crippen LogP contribution in [0.2, 0.25) is 0 Å². The summed E-state index contributed by atoms with van der Waals surface area (Å²) in [6.07, 6.45) is 1.32. The van der Waals surface area contributed by atoms with Crippen molar-refractivity contribution in [2.45, 2.75) is 12.8 Å². The standard InChI is InChI=1S/C10H11BrN2O2S/c11-9-2-1-8(16-9)10(14)13-5-3-7(12-15)4-6-13/h1-2,15H,3-6H2. The molecule has 4 nitrogen and oxygen atoms in total. The van der Waals surface area contributed by atoms with Crippen LogP contribution < -0.4 is 0 Å². The Morgan fingerprint density at radius 2 is 2.12 bits per heavy atom. The van der Waals surface area contributed by atoms with Crippen LogP contribution in [0.5, 0.6) is 0 Å². The maximum absolute atomic E-state index is 12.0. The molecule has 0 aliphatic carbocycles. The highest BCUT2D eigenvalue weighted by Gasteiger charge is 2.22. The molecule has 1 fully saturated rings. The zero-order chi connectivity index (χ0) is 11.5. The van der Waals surface area contributed by atoms with Crippen LogP contribution in [0.1, 0.15) is 22.5 Å². The average Bonchev–Trinajstić information content (AvgIpc) is 2.75. The molecule has 1 aliphatic rings. The molecule has 1 aliphatic heterocycles. The Hall–Kier alpha value is -0.880. The monoisotopic (exact) mass is 302 g/mol. The summed E-state index contributed by atoms with van der Waals surface area (Å²) < 4.78 is 0.963. The van der Waals surface area contributed by atoms with E-state index in [-0.39, 0.29) is 5.91 Å². The van der Waals surface area contributed by atoms with Crippen molar-refractivity contribution in [1.29, 1.82) is 0 Å².